The van der Waals surface area contributed by atoms with Crippen LogP contribution < -0.4 is 10.6 Å². The smallest absolute Gasteiger partial charge is 0.204 e. The zero-order chi connectivity index (χ0) is 19.3. The molecule has 2 N–H and O–H groups in total. The number of morpholine rings is 1. The Kier molecular flexibility index (Phi) is 6.74. The van der Waals surface area contributed by atoms with Gasteiger partial charge >= 0.3 is 0 Å². The van der Waals surface area contributed by atoms with Crippen LogP contribution in [0.3, 0.4) is 0 Å². The highest BCUT2D eigenvalue weighted by molar-refractivity contribution is 9.10. The minimum atomic E-state index is 0.0677. The predicted octanol–water partition coefficient (Wildman–Crippen LogP) is 4.59. The van der Waals surface area contributed by atoms with Crippen LogP contribution in [0.4, 0.5) is 5.82 Å². The summed E-state index contributed by atoms with van der Waals surface area (Å²) in [6.07, 6.45) is 7.96. The molecule has 2 aromatic rings. The molecular weight excluding hydrogens is 408 g/mol. The maximum absolute atomic E-state index is 8.86. The molecule has 4 rings (SSSR count). The topological polar surface area (TPSA) is 83.1 Å². The quantitative estimate of drug-likeness (QED) is 0.718. The fourth-order valence-corrected chi connectivity index (χ4v) is 3.94. The standard InChI is InChI=1S/C14H14BrN3O.C6H13NO/c15-13-11-6-10(7-16)19-12(11)8-17-14(13)18-9-4-2-1-3-5-9;1-6(2)5-7-3-4-8-6/h6,8-9H,1-5H2,(H,17,18);7H,3-5H2,1-2H3. The van der Waals surface area contributed by atoms with Crippen molar-refractivity contribution in [3.8, 4) is 6.07 Å². The second-order valence-electron chi connectivity index (χ2n) is 7.69. The van der Waals surface area contributed by atoms with Gasteiger partial charge in [-0.2, -0.15) is 5.26 Å². The van der Waals surface area contributed by atoms with Crippen molar-refractivity contribution >= 4 is 32.7 Å². The second-order valence-corrected chi connectivity index (χ2v) is 8.48. The number of hydrogen-bond acceptors (Lipinski definition) is 6. The van der Waals surface area contributed by atoms with Gasteiger partial charge in [-0.25, -0.2) is 4.98 Å². The molecule has 7 heteroatoms. The van der Waals surface area contributed by atoms with Gasteiger partial charge in [-0.15, -0.1) is 0 Å². The summed E-state index contributed by atoms with van der Waals surface area (Å²) in [6, 6.07) is 4.25. The number of nitrogens with zero attached hydrogens (tertiary/aromatic N) is 2. The first-order chi connectivity index (χ1) is 13.0. The van der Waals surface area contributed by atoms with Crippen LogP contribution in [0.25, 0.3) is 11.0 Å². The first-order valence-corrected chi connectivity index (χ1v) is 10.4. The van der Waals surface area contributed by atoms with E-state index in [1.54, 1.807) is 12.3 Å². The average molecular weight is 435 g/mol. The van der Waals surface area contributed by atoms with Crippen LogP contribution in [-0.2, 0) is 4.74 Å². The number of fused-ring (bicyclic) bond motifs is 1. The van der Waals surface area contributed by atoms with Crippen molar-refractivity contribution in [2.75, 3.05) is 25.0 Å². The molecule has 0 spiro atoms. The Labute approximate surface area is 168 Å². The van der Waals surface area contributed by atoms with Crippen molar-refractivity contribution in [2.45, 2.75) is 57.6 Å². The lowest BCUT2D eigenvalue weighted by molar-refractivity contribution is -0.0384. The number of aromatic nitrogens is 1. The molecule has 0 atom stereocenters. The molecule has 1 aliphatic carbocycles. The molecule has 0 bridgehead atoms. The first kappa shape index (κ1) is 20.1. The molecule has 3 heterocycles. The van der Waals surface area contributed by atoms with Crippen molar-refractivity contribution < 1.29 is 9.15 Å². The SMILES string of the molecule is CC1(C)CNCCO1.N#Cc1cc2c(Br)c(NC3CCCCC3)ncc2o1. The maximum atomic E-state index is 8.86. The molecule has 27 heavy (non-hydrogen) atoms. The highest BCUT2D eigenvalue weighted by Gasteiger charge is 2.20. The van der Waals surface area contributed by atoms with Gasteiger partial charge in [0.25, 0.3) is 0 Å². The summed E-state index contributed by atoms with van der Waals surface area (Å²) >= 11 is 3.56. The van der Waals surface area contributed by atoms with Gasteiger partial charge in [-0.1, -0.05) is 19.3 Å². The van der Waals surface area contributed by atoms with E-state index in [1.165, 1.54) is 32.1 Å². The van der Waals surface area contributed by atoms with E-state index in [0.717, 1.165) is 35.4 Å². The van der Waals surface area contributed by atoms with Gasteiger partial charge in [0.15, 0.2) is 5.58 Å². The normalized spacial score (nSPS) is 19.8. The van der Waals surface area contributed by atoms with Gasteiger partial charge in [-0.3, -0.25) is 0 Å². The van der Waals surface area contributed by atoms with E-state index in [2.05, 4.69) is 45.4 Å². The summed E-state index contributed by atoms with van der Waals surface area (Å²) < 4.78 is 11.6. The van der Waals surface area contributed by atoms with E-state index in [9.17, 15) is 0 Å². The molecule has 2 aliphatic rings. The highest BCUT2D eigenvalue weighted by Crippen LogP contribution is 2.33. The predicted molar refractivity (Wildman–Crippen MR) is 110 cm³/mol. The van der Waals surface area contributed by atoms with Gasteiger partial charge < -0.3 is 19.8 Å². The van der Waals surface area contributed by atoms with Gasteiger partial charge in [0, 0.05) is 30.6 Å². The Morgan fingerprint density at radius 1 is 1.33 bits per heavy atom. The zero-order valence-corrected chi connectivity index (χ0v) is 17.6. The lowest BCUT2D eigenvalue weighted by Crippen LogP contribution is -2.45. The number of ether oxygens (including phenoxy) is 1. The van der Waals surface area contributed by atoms with Gasteiger partial charge in [0.2, 0.25) is 5.76 Å². The second kappa shape index (κ2) is 9.05. The van der Waals surface area contributed by atoms with Crippen LogP contribution >= 0.6 is 15.9 Å². The minimum absolute atomic E-state index is 0.0677. The van der Waals surface area contributed by atoms with Crippen molar-refractivity contribution in [3.05, 3.63) is 22.5 Å². The van der Waals surface area contributed by atoms with E-state index in [0.29, 0.717) is 17.4 Å². The molecule has 1 saturated carbocycles. The first-order valence-electron chi connectivity index (χ1n) is 9.58. The van der Waals surface area contributed by atoms with E-state index in [-0.39, 0.29) is 5.60 Å². The van der Waals surface area contributed by atoms with Crippen LogP contribution in [0.15, 0.2) is 21.2 Å². The molecule has 6 nitrogen and oxygen atoms in total. The summed E-state index contributed by atoms with van der Waals surface area (Å²) in [5, 5.41) is 16.5. The van der Waals surface area contributed by atoms with Crippen molar-refractivity contribution in [1.29, 1.82) is 5.26 Å². The summed E-state index contributed by atoms with van der Waals surface area (Å²) in [5.74, 6) is 1.15. The number of pyridine rings is 1. The number of rotatable bonds is 2. The zero-order valence-electron chi connectivity index (χ0n) is 16.0. The van der Waals surface area contributed by atoms with Gasteiger partial charge in [0.05, 0.1) is 22.9 Å². The molecule has 2 aromatic heterocycles. The molecule has 2 fully saturated rings. The third kappa shape index (κ3) is 5.44. The maximum Gasteiger partial charge on any atom is 0.204 e. The summed E-state index contributed by atoms with van der Waals surface area (Å²) in [4.78, 5) is 4.39. The van der Waals surface area contributed by atoms with E-state index < -0.39 is 0 Å². The Morgan fingerprint density at radius 3 is 2.70 bits per heavy atom. The van der Waals surface area contributed by atoms with Crippen LogP contribution in [0.1, 0.15) is 51.7 Å². The lowest BCUT2D eigenvalue weighted by atomic mass is 9.95. The largest absolute Gasteiger partial charge is 0.444 e. The summed E-state index contributed by atoms with van der Waals surface area (Å²) in [6.45, 7) is 7.03. The number of halogens is 1. The number of nitrogens with one attached hydrogen (secondary N) is 2. The Bertz CT molecular complexity index is 798. The van der Waals surface area contributed by atoms with E-state index >= 15 is 0 Å². The number of nitriles is 1. The number of hydrogen-bond donors (Lipinski definition) is 2. The average Bonchev–Trinajstić information content (AvgIpc) is 3.10. The third-order valence-corrected chi connectivity index (χ3v) is 5.70. The molecule has 0 aromatic carbocycles. The van der Waals surface area contributed by atoms with Crippen LogP contribution in [0.5, 0.6) is 0 Å². The fourth-order valence-electron chi connectivity index (χ4n) is 3.42. The Morgan fingerprint density at radius 2 is 2.11 bits per heavy atom. The lowest BCUT2D eigenvalue weighted by Gasteiger charge is -2.30. The van der Waals surface area contributed by atoms with Gasteiger partial charge in [0.1, 0.15) is 11.9 Å². The minimum Gasteiger partial charge on any atom is -0.444 e. The van der Waals surface area contributed by atoms with Crippen LogP contribution in [0.2, 0.25) is 0 Å². The summed E-state index contributed by atoms with van der Waals surface area (Å²) in [5.41, 5.74) is 0.704. The Hall–Kier alpha value is -1.62. The molecular formula is C20H27BrN4O2. The fraction of sp³-hybridized carbons (Fsp3) is 0.600. The van der Waals surface area contributed by atoms with Crippen LogP contribution in [-0.4, -0.2) is 36.3 Å². The van der Waals surface area contributed by atoms with Gasteiger partial charge in [-0.05, 0) is 42.6 Å². The monoisotopic (exact) mass is 434 g/mol. The van der Waals surface area contributed by atoms with Crippen molar-refractivity contribution in [2.24, 2.45) is 0 Å². The Balaban J connectivity index is 0.000000221. The van der Waals surface area contributed by atoms with E-state index in [4.69, 9.17) is 14.4 Å². The molecule has 0 unspecified atom stereocenters. The molecule has 1 saturated heterocycles. The third-order valence-electron chi connectivity index (χ3n) is 4.89. The van der Waals surface area contributed by atoms with E-state index in [1.807, 2.05) is 6.07 Å². The molecule has 0 radical (unpaired) electrons. The van der Waals surface area contributed by atoms with Crippen LogP contribution in [0, 0.1) is 11.3 Å². The van der Waals surface area contributed by atoms with Crippen molar-refractivity contribution in [3.63, 3.8) is 0 Å². The van der Waals surface area contributed by atoms with Crippen molar-refractivity contribution in [1.82, 2.24) is 10.3 Å². The number of furan rings is 1. The summed E-state index contributed by atoms with van der Waals surface area (Å²) in [7, 11) is 0. The molecule has 1 aliphatic heterocycles. The number of anilines is 1. The molecule has 0 amide bonds. The molecule has 146 valence electrons. The highest BCUT2D eigenvalue weighted by atomic mass is 79.9.